The van der Waals surface area contributed by atoms with E-state index in [1.54, 1.807) is 0 Å². The van der Waals surface area contributed by atoms with Crippen LogP contribution in [0.2, 0.25) is 0 Å². The highest BCUT2D eigenvalue weighted by molar-refractivity contribution is 5.88. The largest absolute Gasteiger partial charge is 0.462 e. The molecule has 0 spiro atoms. The monoisotopic (exact) mass is 637 g/mol. The van der Waals surface area contributed by atoms with Crippen molar-refractivity contribution in [1.29, 1.82) is 0 Å². The summed E-state index contributed by atoms with van der Waals surface area (Å²) in [6, 6.07) is 23.8. The summed E-state index contributed by atoms with van der Waals surface area (Å²) in [6.45, 7) is 21.1. The third-order valence-electron chi connectivity index (χ3n) is 7.77. The van der Waals surface area contributed by atoms with Crippen LogP contribution in [0.5, 0.6) is 0 Å². The Morgan fingerprint density at radius 3 is 1.34 bits per heavy atom. The zero-order chi connectivity index (χ0) is 34.8. The predicted molar refractivity (Wildman–Crippen MR) is 196 cm³/mol. The minimum Gasteiger partial charge on any atom is -0.462 e. The van der Waals surface area contributed by atoms with Crippen LogP contribution < -0.4 is 4.90 Å². The Morgan fingerprint density at radius 2 is 0.979 bits per heavy atom. The maximum Gasteiger partial charge on any atom is 0.333 e. The number of nitrogens with zero attached hydrogens (tertiary/aromatic N) is 1. The van der Waals surface area contributed by atoms with Crippen LogP contribution in [0.25, 0.3) is 0 Å². The van der Waals surface area contributed by atoms with Crippen LogP contribution in [-0.4, -0.2) is 25.2 Å². The number of carbonyl (C=O) groups is 2. The average molecular weight is 638 g/mol. The summed E-state index contributed by atoms with van der Waals surface area (Å²) >= 11 is 0. The summed E-state index contributed by atoms with van der Waals surface area (Å²) in [4.78, 5) is 26.9. The summed E-state index contributed by atoms with van der Waals surface area (Å²) in [5.74, 6) is -0.485. The minimum atomic E-state index is -0.243. The predicted octanol–water partition coefficient (Wildman–Crippen LogP) is 10.7. The van der Waals surface area contributed by atoms with E-state index >= 15 is 0 Å². The first kappa shape index (κ1) is 37.3. The van der Waals surface area contributed by atoms with Crippen LogP contribution >= 0.6 is 0 Å². The van der Waals surface area contributed by atoms with Crippen LogP contribution in [0, 0.1) is 24.7 Å². The Kier molecular flexibility index (Phi) is 13.2. The summed E-state index contributed by atoms with van der Waals surface area (Å²) in [6.07, 6.45) is 7.10. The number of anilines is 3. The molecule has 5 heteroatoms. The molecule has 0 atom stereocenters. The number of rotatable bonds is 13. The number of benzene rings is 3. The van der Waals surface area contributed by atoms with Crippen molar-refractivity contribution in [3.63, 3.8) is 0 Å². The minimum absolute atomic E-state index is 0.0565. The molecule has 5 nitrogen and oxygen atoms in total. The highest BCUT2D eigenvalue weighted by atomic mass is 16.5. The molecule has 0 heterocycles. The van der Waals surface area contributed by atoms with Gasteiger partial charge in [-0.1, -0.05) is 84.0 Å². The molecule has 0 bridgehead atoms. The molecule has 0 aliphatic heterocycles. The molecule has 0 fully saturated rings. The normalized spacial score (nSPS) is 12.6. The lowest BCUT2D eigenvalue weighted by Crippen LogP contribution is -2.11. The molecule has 0 aliphatic rings. The number of ether oxygens (including phenoxy) is 2. The fourth-order valence-corrected chi connectivity index (χ4v) is 5.46. The second kappa shape index (κ2) is 16.6. The molecule has 3 aromatic carbocycles. The lowest BCUT2D eigenvalue weighted by molar-refractivity contribution is -0.140. The molecule has 3 rings (SSSR count). The van der Waals surface area contributed by atoms with E-state index in [9.17, 15) is 9.59 Å². The molecule has 0 unspecified atom stereocenters. The van der Waals surface area contributed by atoms with Crippen molar-refractivity contribution in [2.24, 2.45) is 10.8 Å². The first-order valence-corrected chi connectivity index (χ1v) is 16.8. The van der Waals surface area contributed by atoms with Crippen LogP contribution in [0.4, 0.5) is 17.1 Å². The third kappa shape index (κ3) is 12.5. The van der Waals surface area contributed by atoms with Crippen LogP contribution in [-0.2, 0) is 31.9 Å². The second-order valence-electron chi connectivity index (χ2n) is 14.8. The summed E-state index contributed by atoms with van der Waals surface area (Å²) in [5, 5.41) is 0. The van der Waals surface area contributed by atoms with Crippen molar-refractivity contribution in [2.75, 3.05) is 18.1 Å². The van der Waals surface area contributed by atoms with E-state index in [1.807, 2.05) is 26.0 Å². The van der Waals surface area contributed by atoms with Gasteiger partial charge in [0.1, 0.15) is 0 Å². The van der Waals surface area contributed by atoms with Gasteiger partial charge in [0.2, 0.25) is 0 Å². The lowest BCUT2D eigenvalue weighted by atomic mass is 9.94. The summed E-state index contributed by atoms with van der Waals surface area (Å²) in [7, 11) is 0. The second-order valence-corrected chi connectivity index (χ2v) is 14.8. The van der Waals surface area contributed by atoms with E-state index in [4.69, 9.17) is 9.47 Å². The van der Waals surface area contributed by atoms with Gasteiger partial charge in [0, 0.05) is 28.2 Å². The van der Waals surface area contributed by atoms with E-state index in [1.165, 1.54) is 22.3 Å². The first-order chi connectivity index (χ1) is 22.0. The van der Waals surface area contributed by atoms with Gasteiger partial charge in [0.25, 0.3) is 0 Å². The summed E-state index contributed by atoms with van der Waals surface area (Å²) in [5.41, 5.74) is 9.35. The molecule has 0 N–H and O–H groups in total. The van der Waals surface area contributed by atoms with Crippen molar-refractivity contribution in [1.82, 2.24) is 0 Å². The van der Waals surface area contributed by atoms with Gasteiger partial charge in [-0.05, 0) is 123 Å². The highest BCUT2D eigenvalue weighted by Gasteiger charge is 2.15. The summed E-state index contributed by atoms with van der Waals surface area (Å²) < 4.78 is 11.0. The Hall–Kier alpha value is -4.12. The Labute approximate surface area is 283 Å². The molecule has 0 aliphatic carbocycles. The van der Waals surface area contributed by atoms with Gasteiger partial charge in [-0.15, -0.1) is 0 Å². The number of carbonyl (C=O) groups excluding carboxylic acids is 2. The van der Waals surface area contributed by atoms with Crippen LogP contribution in [0.1, 0.15) is 90.5 Å². The molecule has 0 saturated carbocycles. The van der Waals surface area contributed by atoms with Crippen molar-refractivity contribution >= 4 is 29.0 Å². The van der Waals surface area contributed by atoms with Crippen molar-refractivity contribution < 1.29 is 19.1 Å². The maximum absolute atomic E-state index is 12.3. The van der Waals surface area contributed by atoms with Crippen molar-refractivity contribution in [3.05, 3.63) is 112 Å². The Balaban J connectivity index is 1.66. The Morgan fingerprint density at radius 1 is 0.596 bits per heavy atom. The molecule has 0 saturated heterocycles. The van der Waals surface area contributed by atoms with Gasteiger partial charge in [-0.25, -0.2) is 9.59 Å². The van der Waals surface area contributed by atoms with Gasteiger partial charge in [-0.2, -0.15) is 0 Å². The topological polar surface area (TPSA) is 55.8 Å². The lowest BCUT2D eigenvalue weighted by Gasteiger charge is -2.26. The fraction of sp³-hybridized carbons (Fsp3) is 0.429. The molecule has 3 aromatic rings. The van der Waals surface area contributed by atoms with Gasteiger partial charge in [0.15, 0.2) is 0 Å². The molecule has 252 valence electrons. The molecule has 0 radical (unpaired) electrons. The zero-order valence-corrected chi connectivity index (χ0v) is 30.3. The molecular formula is C42H55NO4. The number of esters is 2. The SMILES string of the molecule is C/C(=C\C(C)(C)C)C(=O)OCCCc1ccc(N(c2ccc(CCCOC(=O)/C(C)=C/C(C)(C)C)cc2)c2ccc(C)c(C)c2)cc1. The molecule has 0 aromatic heterocycles. The van der Waals surface area contributed by atoms with Crippen LogP contribution in [0.15, 0.2) is 90.0 Å². The number of hydrogen-bond donors (Lipinski definition) is 0. The Bertz CT molecular complexity index is 1450. The van der Waals surface area contributed by atoms with Crippen LogP contribution in [0.3, 0.4) is 0 Å². The van der Waals surface area contributed by atoms with Crippen molar-refractivity contribution in [3.8, 4) is 0 Å². The molecular weight excluding hydrogens is 582 g/mol. The number of aryl methyl sites for hydroxylation is 4. The number of hydrogen-bond acceptors (Lipinski definition) is 5. The van der Waals surface area contributed by atoms with Gasteiger partial charge in [0.05, 0.1) is 13.2 Å². The van der Waals surface area contributed by atoms with Crippen molar-refractivity contribution in [2.45, 2.75) is 94.9 Å². The average Bonchev–Trinajstić information content (AvgIpc) is 2.99. The van der Waals surface area contributed by atoms with Gasteiger partial charge < -0.3 is 14.4 Å². The third-order valence-corrected chi connectivity index (χ3v) is 7.77. The van der Waals surface area contributed by atoms with E-state index in [-0.39, 0.29) is 22.8 Å². The quantitative estimate of drug-likeness (QED) is 0.106. The van der Waals surface area contributed by atoms with E-state index in [0.29, 0.717) is 24.4 Å². The van der Waals surface area contributed by atoms with E-state index in [0.717, 1.165) is 42.7 Å². The highest BCUT2D eigenvalue weighted by Crippen LogP contribution is 2.36. The maximum atomic E-state index is 12.3. The van der Waals surface area contributed by atoms with Gasteiger partial charge in [-0.3, -0.25) is 0 Å². The first-order valence-electron chi connectivity index (χ1n) is 16.8. The van der Waals surface area contributed by atoms with E-state index in [2.05, 4.69) is 127 Å². The van der Waals surface area contributed by atoms with Gasteiger partial charge >= 0.3 is 11.9 Å². The fourth-order valence-electron chi connectivity index (χ4n) is 5.46. The number of allylic oxidation sites excluding steroid dienone is 2. The van der Waals surface area contributed by atoms with E-state index < -0.39 is 0 Å². The standard InChI is InChI=1S/C42H55NO4/c1-30-15-20-38(27-31(30)2)43(36-21-16-34(17-22-36)13-11-25-46-39(44)32(3)28-41(5,6)7)37-23-18-35(19-24-37)14-12-26-47-40(45)33(4)29-42(8,9)10/h15-24,27-29H,11-14,25-26H2,1-10H3/b32-28+,33-29+. The smallest absolute Gasteiger partial charge is 0.333 e. The molecule has 47 heavy (non-hydrogen) atoms. The zero-order valence-electron chi connectivity index (χ0n) is 30.3. The molecule has 0 amide bonds.